The highest BCUT2D eigenvalue weighted by Gasteiger charge is 2.18. The zero-order valence-electron chi connectivity index (χ0n) is 14.2. The van der Waals surface area contributed by atoms with Crippen molar-refractivity contribution < 1.29 is 9.53 Å². The molecule has 5 nitrogen and oxygen atoms in total. The molecule has 0 aliphatic carbocycles. The Morgan fingerprint density at radius 1 is 0.923 bits per heavy atom. The van der Waals surface area contributed by atoms with Crippen LogP contribution in [0.5, 0.6) is 5.75 Å². The van der Waals surface area contributed by atoms with Gasteiger partial charge in [-0.3, -0.25) is 4.79 Å². The summed E-state index contributed by atoms with van der Waals surface area (Å²) in [6.07, 6.45) is -0.410. The van der Waals surface area contributed by atoms with Crippen molar-refractivity contribution in [3.8, 4) is 5.75 Å². The third-order valence-corrected chi connectivity index (χ3v) is 4.19. The summed E-state index contributed by atoms with van der Waals surface area (Å²) in [6.45, 7) is 1.88. The number of ketones is 1. The summed E-state index contributed by atoms with van der Waals surface area (Å²) in [7, 11) is 0. The average molecular weight is 343 g/mol. The number of rotatable bonds is 5. The molecule has 1 aromatic heterocycles. The van der Waals surface area contributed by atoms with Crippen LogP contribution in [0.15, 0.2) is 78.9 Å². The smallest absolute Gasteiger partial charge is 0.196 e. The van der Waals surface area contributed by atoms with E-state index in [0.717, 1.165) is 11.0 Å². The van der Waals surface area contributed by atoms with E-state index in [1.165, 1.54) is 0 Å². The third kappa shape index (κ3) is 2.95. The van der Waals surface area contributed by atoms with E-state index in [9.17, 15) is 4.79 Å². The van der Waals surface area contributed by atoms with Gasteiger partial charge < -0.3 is 4.74 Å². The maximum atomic E-state index is 12.8. The highest BCUT2D eigenvalue weighted by molar-refractivity contribution is 6.10. The van der Waals surface area contributed by atoms with Crippen LogP contribution < -0.4 is 4.74 Å². The number of carbonyl (C=O) groups is 1. The zero-order chi connectivity index (χ0) is 17.9. The van der Waals surface area contributed by atoms with Crippen LogP contribution >= 0.6 is 0 Å². The summed E-state index contributed by atoms with van der Waals surface area (Å²) in [5.41, 5.74) is 2.83. The molecule has 4 aromatic rings. The molecule has 0 saturated carbocycles. The number of hydrogen-bond donors (Lipinski definition) is 0. The van der Waals surface area contributed by atoms with Gasteiger partial charge in [0.2, 0.25) is 0 Å². The van der Waals surface area contributed by atoms with Gasteiger partial charge in [-0.2, -0.15) is 0 Å². The summed E-state index contributed by atoms with van der Waals surface area (Å²) in [4.78, 5) is 12.8. The molecule has 0 aliphatic heterocycles. The van der Waals surface area contributed by atoms with Crippen LogP contribution in [0.2, 0.25) is 0 Å². The van der Waals surface area contributed by atoms with Crippen LogP contribution in [-0.2, 0) is 0 Å². The molecular weight excluding hydrogens is 326 g/mol. The predicted molar refractivity (Wildman–Crippen MR) is 99.2 cm³/mol. The molecule has 26 heavy (non-hydrogen) atoms. The quantitative estimate of drug-likeness (QED) is 0.508. The Balaban J connectivity index is 1.66. The number of hydrogen-bond acceptors (Lipinski definition) is 4. The minimum absolute atomic E-state index is 0.0724. The van der Waals surface area contributed by atoms with E-state index in [0.29, 0.717) is 16.9 Å². The number of carbonyl (C=O) groups excluding carboxylic acids is 1. The summed E-state index contributed by atoms with van der Waals surface area (Å²) in [5, 5.41) is 8.33. The first-order chi connectivity index (χ1) is 12.7. The molecule has 0 aliphatic rings. The first kappa shape index (κ1) is 16.0. The number of benzene rings is 3. The molecule has 1 unspecified atom stereocenters. The summed E-state index contributed by atoms with van der Waals surface area (Å²) in [5.74, 6) is 0.449. The maximum Gasteiger partial charge on any atom is 0.196 e. The van der Waals surface area contributed by atoms with Gasteiger partial charge in [0.25, 0.3) is 0 Å². The van der Waals surface area contributed by atoms with Crippen LogP contribution in [0.3, 0.4) is 0 Å². The number of nitrogens with zero attached hydrogens (tertiary/aromatic N) is 3. The molecule has 0 spiro atoms. The Morgan fingerprint density at radius 2 is 1.62 bits per heavy atom. The standard InChI is InChI=1S/C21H17N3O2/c1-15(24-19-13-7-6-12-18(19)22-23-24)26-20-14-8-5-11-17(20)21(25)16-9-3-2-4-10-16/h2-15H,1H3. The van der Waals surface area contributed by atoms with Crippen LogP contribution in [0, 0.1) is 0 Å². The Hall–Kier alpha value is -3.47. The molecule has 3 aromatic carbocycles. The number of ether oxygens (including phenoxy) is 1. The van der Waals surface area contributed by atoms with Crippen molar-refractivity contribution in [1.29, 1.82) is 0 Å². The Morgan fingerprint density at radius 3 is 2.46 bits per heavy atom. The highest BCUT2D eigenvalue weighted by Crippen LogP contribution is 2.26. The van der Waals surface area contributed by atoms with Gasteiger partial charge in [-0.05, 0) is 31.2 Å². The van der Waals surface area contributed by atoms with E-state index < -0.39 is 6.23 Å². The summed E-state index contributed by atoms with van der Waals surface area (Å²) in [6, 6.07) is 24.1. The van der Waals surface area contributed by atoms with Crippen molar-refractivity contribution in [3.05, 3.63) is 90.0 Å². The van der Waals surface area contributed by atoms with Crippen LogP contribution in [0.4, 0.5) is 0 Å². The summed E-state index contributed by atoms with van der Waals surface area (Å²) >= 11 is 0. The predicted octanol–water partition coefficient (Wildman–Crippen LogP) is 4.26. The lowest BCUT2D eigenvalue weighted by molar-refractivity contribution is 0.102. The molecule has 1 heterocycles. The van der Waals surface area contributed by atoms with Gasteiger partial charge in [-0.25, -0.2) is 4.68 Å². The number of fused-ring (bicyclic) bond motifs is 1. The lowest BCUT2D eigenvalue weighted by Crippen LogP contribution is -2.15. The van der Waals surface area contributed by atoms with Gasteiger partial charge >= 0.3 is 0 Å². The molecule has 0 amide bonds. The topological polar surface area (TPSA) is 57.0 Å². The van der Waals surface area contributed by atoms with Gasteiger partial charge in [-0.15, -0.1) is 5.10 Å². The minimum Gasteiger partial charge on any atom is -0.468 e. The van der Waals surface area contributed by atoms with Crippen LogP contribution in [0.25, 0.3) is 11.0 Å². The Labute approximate surface area is 150 Å². The molecule has 4 rings (SSSR count). The largest absolute Gasteiger partial charge is 0.468 e. The van der Waals surface area contributed by atoms with Crippen molar-refractivity contribution in [2.45, 2.75) is 13.2 Å². The van der Waals surface area contributed by atoms with Crippen LogP contribution in [-0.4, -0.2) is 20.8 Å². The van der Waals surface area contributed by atoms with E-state index in [4.69, 9.17) is 4.74 Å². The normalized spacial score (nSPS) is 12.0. The third-order valence-electron chi connectivity index (χ3n) is 4.19. The first-order valence-electron chi connectivity index (χ1n) is 8.39. The SMILES string of the molecule is CC(Oc1ccccc1C(=O)c1ccccc1)n1nnc2ccccc21. The van der Waals surface area contributed by atoms with Gasteiger partial charge in [0, 0.05) is 5.56 Å². The fourth-order valence-corrected chi connectivity index (χ4v) is 2.89. The number of para-hydroxylation sites is 2. The van der Waals surface area contributed by atoms with E-state index in [2.05, 4.69) is 10.3 Å². The second-order valence-corrected chi connectivity index (χ2v) is 5.93. The molecule has 0 N–H and O–H groups in total. The van der Waals surface area contributed by atoms with Gasteiger partial charge in [0.1, 0.15) is 11.3 Å². The fourth-order valence-electron chi connectivity index (χ4n) is 2.89. The first-order valence-corrected chi connectivity index (χ1v) is 8.39. The van der Waals surface area contributed by atoms with E-state index >= 15 is 0 Å². The second kappa shape index (κ2) is 6.80. The van der Waals surface area contributed by atoms with Crippen molar-refractivity contribution >= 4 is 16.8 Å². The zero-order valence-corrected chi connectivity index (χ0v) is 14.2. The molecule has 0 radical (unpaired) electrons. The van der Waals surface area contributed by atoms with E-state index in [-0.39, 0.29) is 5.78 Å². The molecule has 1 atom stereocenters. The van der Waals surface area contributed by atoms with Crippen molar-refractivity contribution in [3.63, 3.8) is 0 Å². The number of aromatic nitrogens is 3. The van der Waals surface area contributed by atoms with Gasteiger partial charge in [0.15, 0.2) is 12.0 Å². The molecule has 128 valence electrons. The Kier molecular flexibility index (Phi) is 4.19. The second-order valence-electron chi connectivity index (χ2n) is 5.93. The lowest BCUT2D eigenvalue weighted by Gasteiger charge is -2.17. The monoisotopic (exact) mass is 343 g/mol. The van der Waals surface area contributed by atoms with Crippen LogP contribution in [0.1, 0.15) is 29.1 Å². The van der Waals surface area contributed by atoms with E-state index in [1.807, 2.05) is 61.5 Å². The van der Waals surface area contributed by atoms with Crippen molar-refractivity contribution in [1.82, 2.24) is 15.0 Å². The van der Waals surface area contributed by atoms with Gasteiger partial charge in [-0.1, -0.05) is 59.8 Å². The molecular formula is C21H17N3O2. The Bertz CT molecular complexity index is 1060. The summed E-state index contributed by atoms with van der Waals surface area (Å²) < 4.78 is 7.79. The fraction of sp³-hybridized carbons (Fsp3) is 0.0952. The molecule has 0 bridgehead atoms. The minimum atomic E-state index is -0.410. The van der Waals surface area contributed by atoms with Crippen molar-refractivity contribution in [2.75, 3.05) is 0 Å². The van der Waals surface area contributed by atoms with Gasteiger partial charge in [0.05, 0.1) is 11.1 Å². The average Bonchev–Trinajstić information content (AvgIpc) is 3.13. The molecule has 0 saturated heterocycles. The lowest BCUT2D eigenvalue weighted by atomic mass is 10.0. The molecule has 0 fully saturated rings. The maximum absolute atomic E-state index is 12.8. The van der Waals surface area contributed by atoms with Crippen molar-refractivity contribution in [2.24, 2.45) is 0 Å². The van der Waals surface area contributed by atoms with E-state index in [1.54, 1.807) is 28.9 Å². The molecule has 5 heteroatoms. The highest BCUT2D eigenvalue weighted by atomic mass is 16.5.